The minimum absolute atomic E-state index is 0.0213. The zero-order valence-electron chi connectivity index (χ0n) is 12.5. The Hall–Kier alpha value is -1.90. The summed E-state index contributed by atoms with van der Waals surface area (Å²) in [6.45, 7) is 3.77. The van der Waals surface area contributed by atoms with Gasteiger partial charge in [-0.05, 0) is 24.0 Å². The van der Waals surface area contributed by atoms with Crippen molar-refractivity contribution in [2.45, 2.75) is 24.5 Å². The van der Waals surface area contributed by atoms with Crippen LogP contribution in [0.25, 0.3) is 0 Å². The lowest BCUT2D eigenvalue weighted by Gasteiger charge is -2.34. The maximum atomic E-state index is 6.02. The van der Waals surface area contributed by atoms with Crippen LogP contribution in [0.4, 0.5) is 0 Å². The highest BCUT2D eigenvalue weighted by atomic mass is 16.5. The van der Waals surface area contributed by atoms with Gasteiger partial charge in [0.15, 0.2) is 0 Å². The summed E-state index contributed by atoms with van der Waals surface area (Å²) in [5.41, 5.74) is 7.84. The third kappa shape index (κ3) is 3.41. The van der Waals surface area contributed by atoms with E-state index in [0.717, 1.165) is 24.0 Å². The first-order chi connectivity index (χ1) is 10.2. The van der Waals surface area contributed by atoms with E-state index in [2.05, 4.69) is 30.8 Å². The largest absolute Gasteiger partial charge is 0.369 e. The number of nitrogens with two attached hydrogens (primary N) is 1. The van der Waals surface area contributed by atoms with Crippen molar-refractivity contribution >= 4 is 0 Å². The van der Waals surface area contributed by atoms with Crippen LogP contribution in [0.1, 0.15) is 24.0 Å². The van der Waals surface area contributed by atoms with Crippen LogP contribution < -0.4 is 5.73 Å². The molecule has 21 heavy (non-hydrogen) atoms. The number of benzene rings is 2. The Morgan fingerprint density at radius 2 is 1.52 bits per heavy atom. The Bertz CT molecular complexity index is 511. The molecule has 0 saturated carbocycles. The summed E-state index contributed by atoms with van der Waals surface area (Å²) in [6, 6.07) is 20.6. The van der Waals surface area contributed by atoms with E-state index in [9.17, 15) is 0 Å². The molecule has 0 radical (unpaired) electrons. The molecule has 0 heterocycles. The molecule has 2 N–H and O–H groups in total. The smallest absolute Gasteiger partial charge is 0.118 e. The highest BCUT2D eigenvalue weighted by Gasteiger charge is 2.34. The van der Waals surface area contributed by atoms with Crippen molar-refractivity contribution in [3.05, 3.63) is 84.4 Å². The second-order valence-electron chi connectivity index (χ2n) is 5.20. The third-order valence-electron chi connectivity index (χ3n) is 3.96. The Morgan fingerprint density at radius 3 is 1.90 bits per heavy atom. The van der Waals surface area contributed by atoms with Crippen LogP contribution in [0, 0.1) is 0 Å². The van der Waals surface area contributed by atoms with Crippen molar-refractivity contribution in [1.82, 2.24) is 0 Å². The van der Waals surface area contributed by atoms with E-state index < -0.39 is 5.60 Å². The lowest BCUT2D eigenvalue weighted by Crippen LogP contribution is -2.32. The van der Waals surface area contributed by atoms with E-state index in [-0.39, 0.29) is 6.04 Å². The molecule has 0 amide bonds. The van der Waals surface area contributed by atoms with Gasteiger partial charge in [0.05, 0.1) is 0 Å². The highest BCUT2D eigenvalue weighted by Crippen LogP contribution is 2.37. The SMILES string of the molecule is C=CC(N)CCC(OC)(c1ccccc1)c1ccccc1. The normalized spacial score (nSPS) is 12.9. The molecule has 0 saturated heterocycles. The Labute approximate surface area is 127 Å². The molecule has 2 aromatic carbocycles. The third-order valence-corrected chi connectivity index (χ3v) is 3.96. The second-order valence-corrected chi connectivity index (χ2v) is 5.20. The summed E-state index contributed by atoms with van der Waals surface area (Å²) in [5.74, 6) is 0. The van der Waals surface area contributed by atoms with Crippen molar-refractivity contribution < 1.29 is 4.74 Å². The van der Waals surface area contributed by atoms with Gasteiger partial charge in [0, 0.05) is 13.2 Å². The maximum absolute atomic E-state index is 6.02. The molecule has 2 heteroatoms. The van der Waals surface area contributed by atoms with E-state index in [1.165, 1.54) is 0 Å². The minimum Gasteiger partial charge on any atom is -0.369 e. The summed E-state index contributed by atoms with van der Waals surface area (Å²) in [4.78, 5) is 0. The van der Waals surface area contributed by atoms with Crippen LogP contribution in [-0.4, -0.2) is 13.2 Å². The van der Waals surface area contributed by atoms with E-state index in [1.807, 2.05) is 36.4 Å². The predicted octanol–water partition coefficient (Wildman–Crippen LogP) is 3.87. The molecule has 0 bridgehead atoms. The molecular weight excluding hydrogens is 258 g/mol. The van der Waals surface area contributed by atoms with Crippen LogP contribution in [0.15, 0.2) is 73.3 Å². The molecule has 0 aromatic heterocycles. The van der Waals surface area contributed by atoms with Gasteiger partial charge in [-0.2, -0.15) is 0 Å². The number of hydrogen-bond donors (Lipinski definition) is 1. The lowest BCUT2D eigenvalue weighted by atomic mass is 9.81. The summed E-state index contributed by atoms with van der Waals surface area (Å²) in [6.07, 6.45) is 3.42. The van der Waals surface area contributed by atoms with Crippen LogP contribution in [0.2, 0.25) is 0 Å². The van der Waals surface area contributed by atoms with Crippen LogP contribution in [0.3, 0.4) is 0 Å². The van der Waals surface area contributed by atoms with Crippen molar-refractivity contribution in [3.8, 4) is 0 Å². The van der Waals surface area contributed by atoms with Gasteiger partial charge >= 0.3 is 0 Å². The summed E-state index contributed by atoms with van der Waals surface area (Å²) >= 11 is 0. The Kier molecular flexibility index (Phi) is 5.32. The molecule has 1 atom stereocenters. The first-order valence-corrected chi connectivity index (χ1v) is 7.27. The van der Waals surface area contributed by atoms with Crippen LogP contribution in [0.5, 0.6) is 0 Å². The molecule has 0 aliphatic heterocycles. The first-order valence-electron chi connectivity index (χ1n) is 7.27. The van der Waals surface area contributed by atoms with Crippen LogP contribution in [-0.2, 0) is 10.3 Å². The van der Waals surface area contributed by atoms with Gasteiger partial charge < -0.3 is 10.5 Å². The summed E-state index contributed by atoms with van der Waals surface area (Å²) in [7, 11) is 1.76. The van der Waals surface area contributed by atoms with E-state index in [0.29, 0.717) is 0 Å². The predicted molar refractivity (Wildman–Crippen MR) is 88.1 cm³/mol. The molecule has 1 unspecified atom stereocenters. The molecule has 0 aliphatic carbocycles. The topological polar surface area (TPSA) is 35.2 Å². The lowest BCUT2D eigenvalue weighted by molar-refractivity contribution is 0.0121. The van der Waals surface area contributed by atoms with Crippen molar-refractivity contribution in [1.29, 1.82) is 0 Å². The molecule has 2 aromatic rings. The average molecular weight is 281 g/mol. The molecule has 0 aliphatic rings. The summed E-state index contributed by atoms with van der Waals surface area (Å²) in [5, 5.41) is 0. The molecular formula is C19H23NO. The maximum Gasteiger partial charge on any atom is 0.118 e. The fourth-order valence-electron chi connectivity index (χ4n) is 2.70. The molecule has 0 spiro atoms. The second kappa shape index (κ2) is 7.21. The monoisotopic (exact) mass is 281 g/mol. The zero-order chi connectivity index (χ0) is 15.1. The standard InChI is InChI=1S/C19H23NO/c1-3-18(20)14-15-19(21-2,16-10-6-4-7-11-16)17-12-8-5-9-13-17/h3-13,18H,1,14-15,20H2,2H3. The van der Waals surface area contributed by atoms with Gasteiger partial charge in [0.25, 0.3) is 0 Å². The fraction of sp³-hybridized carbons (Fsp3) is 0.263. The van der Waals surface area contributed by atoms with Crippen molar-refractivity contribution in [2.24, 2.45) is 5.73 Å². The number of ether oxygens (including phenoxy) is 1. The van der Waals surface area contributed by atoms with Gasteiger partial charge in [-0.1, -0.05) is 66.7 Å². The van der Waals surface area contributed by atoms with Crippen molar-refractivity contribution in [2.75, 3.05) is 7.11 Å². The van der Waals surface area contributed by atoms with Gasteiger partial charge in [0.1, 0.15) is 5.60 Å². The van der Waals surface area contributed by atoms with Crippen molar-refractivity contribution in [3.63, 3.8) is 0 Å². The first kappa shape index (κ1) is 15.5. The fourth-order valence-corrected chi connectivity index (χ4v) is 2.70. The quantitative estimate of drug-likeness (QED) is 0.782. The number of hydrogen-bond acceptors (Lipinski definition) is 2. The van der Waals surface area contributed by atoms with E-state index in [1.54, 1.807) is 13.2 Å². The molecule has 0 fully saturated rings. The van der Waals surface area contributed by atoms with Gasteiger partial charge in [0.2, 0.25) is 0 Å². The van der Waals surface area contributed by atoms with Gasteiger partial charge in [-0.3, -0.25) is 0 Å². The average Bonchev–Trinajstić information content (AvgIpc) is 2.57. The Morgan fingerprint density at radius 1 is 1.05 bits per heavy atom. The highest BCUT2D eigenvalue weighted by molar-refractivity contribution is 5.36. The molecule has 2 rings (SSSR count). The van der Waals surface area contributed by atoms with Gasteiger partial charge in [-0.15, -0.1) is 6.58 Å². The molecule has 2 nitrogen and oxygen atoms in total. The zero-order valence-corrected chi connectivity index (χ0v) is 12.5. The summed E-state index contributed by atoms with van der Waals surface area (Å²) < 4.78 is 6.02. The molecule has 110 valence electrons. The van der Waals surface area contributed by atoms with E-state index in [4.69, 9.17) is 10.5 Å². The van der Waals surface area contributed by atoms with E-state index >= 15 is 0 Å². The minimum atomic E-state index is -0.469. The number of rotatable bonds is 7. The Balaban J connectivity index is 2.44. The van der Waals surface area contributed by atoms with Gasteiger partial charge in [-0.25, -0.2) is 0 Å². The van der Waals surface area contributed by atoms with Crippen LogP contribution >= 0.6 is 0 Å². The number of methoxy groups -OCH3 is 1.